The van der Waals surface area contributed by atoms with Gasteiger partial charge < -0.3 is 9.88 Å². The van der Waals surface area contributed by atoms with Gasteiger partial charge in [0.1, 0.15) is 11.6 Å². The number of benzene rings is 2. The van der Waals surface area contributed by atoms with E-state index >= 15 is 0 Å². The molecule has 0 fully saturated rings. The smallest absolute Gasteiger partial charge is 0.266 e. The summed E-state index contributed by atoms with van der Waals surface area (Å²) in [6, 6.07) is 19.5. The number of hydrogen-bond acceptors (Lipinski definition) is 2. The zero-order chi connectivity index (χ0) is 21.0. The average Bonchev–Trinajstić information content (AvgIpc) is 2.99. The number of amides is 1. The Morgan fingerprint density at radius 2 is 1.83 bits per heavy atom. The third-order valence-corrected chi connectivity index (χ3v) is 5.09. The topological polar surface area (TPSA) is 57.8 Å². The Kier molecular flexibility index (Phi) is 5.99. The molecule has 0 radical (unpaired) electrons. The van der Waals surface area contributed by atoms with Crippen molar-refractivity contribution in [1.29, 1.82) is 5.26 Å². The molecule has 0 saturated carbocycles. The van der Waals surface area contributed by atoms with E-state index in [0.717, 1.165) is 23.4 Å². The van der Waals surface area contributed by atoms with Crippen LogP contribution in [0, 0.1) is 32.1 Å². The van der Waals surface area contributed by atoms with Crippen LogP contribution < -0.4 is 5.32 Å². The summed E-state index contributed by atoms with van der Waals surface area (Å²) in [7, 11) is 0. The number of nitriles is 1. The predicted octanol–water partition coefficient (Wildman–Crippen LogP) is 5.51. The van der Waals surface area contributed by atoms with Crippen LogP contribution in [-0.4, -0.2) is 10.5 Å². The molecule has 3 rings (SSSR count). The Labute approximate surface area is 172 Å². The second kappa shape index (κ2) is 8.62. The number of nitrogens with one attached hydrogen (secondary N) is 1. The lowest BCUT2D eigenvalue weighted by Crippen LogP contribution is -2.13. The molecule has 1 heterocycles. The Bertz CT molecular complexity index is 1110. The first kappa shape index (κ1) is 20.2. The summed E-state index contributed by atoms with van der Waals surface area (Å²) in [6.07, 6.45) is 2.60. The molecule has 146 valence electrons. The van der Waals surface area contributed by atoms with E-state index < -0.39 is 5.91 Å². The van der Waals surface area contributed by atoms with Crippen LogP contribution in [0.3, 0.4) is 0 Å². The summed E-state index contributed by atoms with van der Waals surface area (Å²) in [5.41, 5.74) is 7.33. The maximum atomic E-state index is 12.6. The molecule has 2 aromatic carbocycles. The van der Waals surface area contributed by atoms with Crippen LogP contribution in [0.15, 0.2) is 60.2 Å². The number of carbonyl (C=O) groups is 1. The van der Waals surface area contributed by atoms with Gasteiger partial charge in [0, 0.05) is 17.1 Å². The standard InChI is InChI=1S/C25H25N3O/c1-5-20-11-9-10-17(2)24(20)28-18(3)14-21(19(28)4)15-22(16-26)25(29)27-23-12-7-6-8-13-23/h6-15H,5H2,1-4H3,(H,27,29). The summed E-state index contributed by atoms with van der Waals surface area (Å²) in [4.78, 5) is 12.6. The lowest BCUT2D eigenvalue weighted by Gasteiger charge is -2.17. The molecule has 0 aliphatic heterocycles. The van der Waals surface area contributed by atoms with Gasteiger partial charge in [-0.3, -0.25) is 4.79 Å². The molecule has 1 N–H and O–H groups in total. The van der Waals surface area contributed by atoms with Crippen LogP contribution in [0.5, 0.6) is 0 Å². The zero-order valence-corrected chi connectivity index (χ0v) is 17.3. The number of aryl methyl sites for hydroxylation is 3. The van der Waals surface area contributed by atoms with Crippen molar-refractivity contribution in [1.82, 2.24) is 4.57 Å². The molecular weight excluding hydrogens is 358 g/mol. The number of para-hydroxylation sites is 2. The minimum absolute atomic E-state index is 0.0783. The fourth-order valence-corrected chi connectivity index (χ4v) is 3.63. The van der Waals surface area contributed by atoms with Gasteiger partial charge in [-0.2, -0.15) is 5.26 Å². The lowest BCUT2D eigenvalue weighted by molar-refractivity contribution is -0.112. The van der Waals surface area contributed by atoms with Gasteiger partial charge in [-0.15, -0.1) is 0 Å². The number of nitrogens with zero attached hydrogens (tertiary/aromatic N) is 2. The Hall–Kier alpha value is -3.58. The van der Waals surface area contributed by atoms with Crippen molar-refractivity contribution >= 4 is 17.7 Å². The quantitative estimate of drug-likeness (QED) is 0.466. The molecule has 4 heteroatoms. The average molecular weight is 383 g/mol. The van der Waals surface area contributed by atoms with Gasteiger partial charge in [0.15, 0.2) is 0 Å². The van der Waals surface area contributed by atoms with Gasteiger partial charge >= 0.3 is 0 Å². The minimum atomic E-state index is -0.409. The highest BCUT2D eigenvalue weighted by Gasteiger charge is 2.16. The molecule has 0 bridgehead atoms. The molecule has 0 unspecified atom stereocenters. The van der Waals surface area contributed by atoms with E-state index in [1.165, 1.54) is 16.8 Å². The van der Waals surface area contributed by atoms with Crippen molar-refractivity contribution in [2.45, 2.75) is 34.1 Å². The van der Waals surface area contributed by atoms with Crippen LogP contribution in [-0.2, 0) is 11.2 Å². The maximum absolute atomic E-state index is 12.6. The summed E-state index contributed by atoms with van der Waals surface area (Å²) < 4.78 is 2.21. The zero-order valence-electron chi connectivity index (χ0n) is 17.3. The van der Waals surface area contributed by atoms with E-state index in [2.05, 4.69) is 41.9 Å². The summed E-state index contributed by atoms with van der Waals surface area (Å²) in [5, 5.41) is 12.3. The van der Waals surface area contributed by atoms with Crippen LogP contribution >= 0.6 is 0 Å². The third kappa shape index (κ3) is 4.14. The molecule has 0 atom stereocenters. The molecule has 1 aromatic heterocycles. The molecule has 1 amide bonds. The predicted molar refractivity (Wildman–Crippen MR) is 118 cm³/mol. The van der Waals surface area contributed by atoms with Crippen molar-refractivity contribution in [3.63, 3.8) is 0 Å². The summed E-state index contributed by atoms with van der Waals surface area (Å²) in [6.45, 7) is 8.33. The van der Waals surface area contributed by atoms with Crippen molar-refractivity contribution in [2.75, 3.05) is 5.32 Å². The van der Waals surface area contributed by atoms with Gasteiger partial charge in [0.2, 0.25) is 0 Å². The first-order chi connectivity index (χ1) is 14.0. The first-order valence-corrected chi connectivity index (χ1v) is 9.72. The third-order valence-electron chi connectivity index (χ3n) is 5.09. The normalized spacial score (nSPS) is 11.2. The van der Waals surface area contributed by atoms with Gasteiger partial charge in [-0.1, -0.05) is 43.3 Å². The van der Waals surface area contributed by atoms with E-state index in [9.17, 15) is 10.1 Å². The fraction of sp³-hybridized carbons (Fsp3) is 0.200. The van der Waals surface area contributed by atoms with Crippen LogP contribution in [0.4, 0.5) is 5.69 Å². The largest absolute Gasteiger partial charge is 0.321 e. The number of rotatable bonds is 5. The van der Waals surface area contributed by atoms with Gasteiger partial charge in [-0.25, -0.2) is 0 Å². The van der Waals surface area contributed by atoms with E-state index in [4.69, 9.17) is 0 Å². The lowest BCUT2D eigenvalue weighted by atomic mass is 10.1. The van der Waals surface area contributed by atoms with Crippen LogP contribution in [0.2, 0.25) is 0 Å². The van der Waals surface area contributed by atoms with Crippen LogP contribution in [0.25, 0.3) is 11.8 Å². The Morgan fingerprint density at radius 3 is 2.48 bits per heavy atom. The van der Waals surface area contributed by atoms with Crippen molar-refractivity contribution in [3.8, 4) is 11.8 Å². The molecule has 4 nitrogen and oxygen atoms in total. The Morgan fingerprint density at radius 1 is 1.10 bits per heavy atom. The fourth-order valence-electron chi connectivity index (χ4n) is 3.63. The number of hydrogen-bond donors (Lipinski definition) is 1. The van der Waals surface area contributed by atoms with Crippen molar-refractivity contribution in [3.05, 3.63) is 88.2 Å². The van der Waals surface area contributed by atoms with Gasteiger partial charge in [-0.05, 0) is 68.2 Å². The van der Waals surface area contributed by atoms with Gasteiger partial charge in [0.25, 0.3) is 5.91 Å². The van der Waals surface area contributed by atoms with E-state index in [1.807, 2.05) is 44.2 Å². The van der Waals surface area contributed by atoms with Crippen LogP contribution in [0.1, 0.15) is 35.0 Å². The maximum Gasteiger partial charge on any atom is 0.266 e. The molecule has 29 heavy (non-hydrogen) atoms. The highest BCUT2D eigenvalue weighted by molar-refractivity contribution is 6.09. The van der Waals surface area contributed by atoms with Crippen molar-refractivity contribution < 1.29 is 4.79 Å². The van der Waals surface area contributed by atoms with E-state index in [-0.39, 0.29) is 5.57 Å². The second-order valence-corrected chi connectivity index (χ2v) is 7.09. The molecular formula is C25H25N3O. The highest BCUT2D eigenvalue weighted by Crippen LogP contribution is 2.28. The van der Waals surface area contributed by atoms with E-state index in [0.29, 0.717) is 5.69 Å². The minimum Gasteiger partial charge on any atom is -0.321 e. The second-order valence-electron chi connectivity index (χ2n) is 7.09. The summed E-state index contributed by atoms with van der Waals surface area (Å²) >= 11 is 0. The molecule has 0 saturated heterocycles. The summed E-state index contributed by atoms with van der Waals surface area (Å²) in [5.74, 6) is -0.409. The number of anilines is 1. The molecule has 3 aromatic rings. The van der Waals surface area contributed by atoms with E-state index in [1.54, 1.807) is 18.2 Å². The number of aromatic nitrogens is 1. The monoisotopic (exact) mass is 383 g/mol. The highest BCUT2D eigenvalue weighted by atomic mass is 16.1. The molecule has 0 aliphatic rings. The number of carbonyl (C=O) groups excluding carboxylic acids is 1. The van der Waals surface area contributed by atoms with Gasteiger partial charge in [0.05, 0.1) is 5.69 Å². The molecule has 0 spiro atoms. The van der Waals surface area contributed by atoms with Crippen molar-refractivity contribution in [2.24, 2.45) is 0 Å². The first-order valence-electron chi connectivity index (χ1n) is 9.72. The Balaban J connectivity index is 2.02. The molecule has 0 aliphatic carbocycles. The SMILES string of the molecule is CCc1cccc(C)c1-n1c(C)cc(C=C(C#N)C(=O)Nc2ccccc2)c1C.